The Labute approximate surface area is 131 Å². The maximum Gasteiger partial charge on any atom is 0.191 e. The lowest BCUT2D eigenvalue weighted by molar-refractivity contribution is 0.886. The Kier molecular flexibility index (Phi) is 4.37. The molecule has 2 rings (SSSR count). The molecule has 0 aliphatic rings. The first-order valence-electron chi connectivity index (χ1n) is 5.63. The van der Waals surface area contributed by atoms with E-state index in [1.807, 2.05) is 6.92 Å². The zero-order chi connectivity index (χ0) is 14.9. The van der Waals surface area contributed by atoms with Gasteiger partial charge < -0.3 is 5.73 Å². The lowest BCUT2D eigenvalue weighted by Gasteiger charge is -1.99. The number of nitrogens with zero attached hydrogens (tertiary/aromatic N) is 4. The predicted octanol–water partition coefficient (Wildman–Crippen LogP) is 4.31. The molecule has 0 bridgehead atoms. The molecule has 1 aromatic heterocycles. The van der Waals surface area contributed by atoms with Crippen molar-refractivity contribution in [1.82, 2.24) is 9.78 Å². The summed E-state index contributed by atoms with van der Waals surface area (Å²) >= 11 is 16.8. The van der Waals surface area contributed by atoms with Crippen LogP contribution in [0.3, 0.4) is 0 Å². The zero-order valence-electron chi connectivity index (χ0n) is 10.8. The predicted molar refractivity (Wildman–Crippen MR) is 84.5 cm³/mol. The van der Waals surface area contributed by atoms with Gasteiger partial charge in [-0.15, -0.1) is 10.2 Å². The van der Waals surface area contributed by atoms with Crippen LogP contribution in [-0.4, -0.2) is 14.9 Å². The fourth-order valence-electron chi connectivity index (χ4n) is 1.66. The highest BCUT2D eigenvalue weighted by molar-refractivity contribution is 7.80. The van der Waals surface area contributed by atoms with Crippen LogP contribution in [0.1, 0.15) is 11.4 Å². The molecule has 0 aliphatic heterocycles. The van der Waals surface area contributed by atoms with Gasteiger partial charge in [0.1, 0.15) is 11.4 Å². The van der Waals surface area contributed by atoms with Gasteiger partial charge in [-0.05, 0) is 44.3 Å². The van der Waals surface area contributed by atoms with Gasteiger partial charge in [0, 0.05) is 5.02 Å². The molecule has 20 heavy (non-hydrogen) atoms. The smallest absolute Gasteiger partial charge is 0.191 e. The molecule has 0 fully saturated rings. The Hall–Kier alpha value is -1.50. The Balaban J connectivity index is 2.39. The van der Waals surface area contributed by atoms with E-state index >= 15 is 0 Å². The van der Waals surface area contributed by atoms with Crippen LogP contribution >= 0.6 is 35.4 Å². The van der Waals surface area contributed by atoms with Crippen molar-refractivity contribution in [2.24, 2.45) is 16.0 Å². The Morgan fingerprint density at radius 3 is 2.55 bits per heavy atom. The van der Waals surface area contributed by atoms with Gasteiger partial charge in [0.25, 0.3) is 0 Å². The second-order valence-electron chi connectivity index (χ2n) is 4.07. The highest BCUT2D eigenvalue weighted by Crippen LogP contribution is 2.31. The van der Waals surface area contributed by atoms with E-state index in [0.717, 1.165) is 5.69 Å². The third-order valence-corrected chi connectivity index (χ3v) is 3.34. The monoisotopic (exact) mass is 327 g/mol. The van der Waals surface area contributed by atoms with E-state index in [9.17, 15) is 0 Å². The van der Waals surface area contributed by atoms with Crippen molar-refractivity contribution in [3.8, 4) is 0 Å². The molecule has 0 unspecified atom stereocenters. The van der Waals surface area contributed by atoms with Crippen LogP contribution in [0.4, 0.5) is 11.4 Å². The lowest BCUT2D eigenvalue weighted by Crippen LogP contribution is -2.21. The number of nitrogens with two attached hydrogens (primary N) is 1. The summed E-state index contributed by atoms with van der Waals surface area (Å²) in [6.45, 7) is 3.62. The van der Waals surface area contributed by atoms with Crippen LogP contribution in [0.25, 0.3) is 0 Å². The number of aromatic nitrogens is 2. The summed E-state index contributed by atoms with van der Waals surface area (Å²) in [5.74, 6) is 0. The molecule has 0 radical (unpaired) electrons. The minimum Gasteiger partial charge on any atom is -0.374 e. The van der Waals surface area contributed by atoms with E-state index in [-0.39, 0.29) is 5.11 Å². The molecular formula is C12H11Cl2N5S. The van der Waals surface area contributed by atoms with E-state index in [1.54, 1.807) is 25.1 Å². The van der Waals surface area contributed by atoms with Crippen LogP contribution in [0.15, 0.2) is 28.4 Å². The second-order valence-corrected chi connectivity index (χ2v) is 5.33. The molecule has 1 aromatic carbocycles. The average Bonchev–Trinajstić information content (AvgIpc) is 2.65. The lowest BCUT2D eigenvalue weighted by atomic mass is 10.3. The molecule has 5 nitrogen and oxygen atoms in total. The summed E-state index contributed by atoms with van der Waals surface area (Å²) in [4.78, 5) is 0. The molecule has 0 saturated carbocycles. The first-order valence-corrected chi connectivity index (χ1v) is 6.79. The topological polar surface area (TPSA) is 68.6 Å². The number of hydrogen-bond acceptors (Lipinski definition) is 4. The molecule has 104 valence electrons. The van der Waals surface area contributed by atoms with Crippen molar-refractivity contribution in [1.29, 1.82) is 0 Å². The van der Waals surface area contributed by atoms with Crippen LogP contribution in [0.5, 0.6) is 0 Å². The summed E-state index contributed by atoms with van der Waals surface area (Å²) in [7, 11) is 0. The Morgan fingerprint density at radius 1 is 1.30 bits per heavy atom. The van der Waals surface area contributed by atoms with E-state index in [4.69, 9.17) is 41.2 Å². The normalized spacial score (nSPS) is 11.2. The van der Waals surface area contributed by atoms with Gasteiger partial charge in [0.15, 0.2) is 5.11 Å². The van der Waals surface area contributed by atoms with E-state index in [1.165, 1.54) is 4.68 Å². The van der Waals surface area contributed by atoms with Gasteiger partial charge in [-0.25, -0.2) is 4.68 Å². The summed E-state index contributed by atoms with van der Waals surface area (Å²) in [5.41, 5.74) is 8.12. The molecule has 0 spiro atoms. The van der Waals surface area contributed by atoms with Gasteiger partial charge in [-0.2, -0.15) is 5.10 Å². The molecule has 0 amide bonds. The third kappa shape index (κ3) is 2.98. The van der Waals surface area contributed by atoms with Crippen molar-refractivity contribution in [2.45, 2.75) is 13.8 Å². The third-order valence-electron chi connectivity index (χ3n) is 2.63. The maximum absolute atomic E-state index is 6.03. The first-order chi connectivity index (χ1) is 9.40. The molecule has 0 atom stereocenters. The van der Waals surface area contributed by atoms with Gasteiger partial charge in [-0.1, -0.05) is 23.2 Å². The molecule has 0 aliphatic carbocycles. The fourth-order valence-corrected chi connectivity index (χ4v) is 2.28. The van der Waals surface area contributed by atoms with Gasteiger partial charge >= 0.3 is 0 Å². The zero-order valence-corrected chi connectivity index (χ0v) is 13.1. The highest BCUT2D eigenvalue weighted by Gasteiger charge is 2.12. The van der Waals surface area contributed by atoms with Gasteiger partial charge in [0.2, 0.25) is 0 Å². The maximum atomic E-state index is 6.03. The quantitative estimate of drug-likeness (QED) is 0.659. The van der Waals surface area contributed by atoms with Crippen molar-refractivity contribution < 1.29 is 0 Å². The van der Waals surface area contributed by atoms with E-state index in [2.05, 4.69) is 15.3 Å². The van der Waals surface area contributed by atoms with Crippen molar-refractivity contribution in [3.63, 3.8) is 0 Å². The van der Waals surface area contributed by atoms with Crippen LogP contribution in [-0.2, 0) is 0 Å². The van der Waals surface area contributed by atoms with Crippen molar-refractivity contribution in [3.05, 3.63) is 39.6 Å². The van der Waals surface area contributed by atoms with Crippen molar-refractivity contribution >= 4 is 51.9 Å². The van der Waals surface area contributed by atoms with Gasteiger partial charge in [0.05, 0.1) is 16.4 Å². The summed E-state index contributed by atoms with van der Waals surface area (Å²) in [5, 5.41) is 13.6. The average molecular weight is 328 g/mol. The van der Waals surface area contributed by atoms with Crippen molar-refractivity contribution in [2.75, 3.05) is 0 Å². The summed E-state index contributed by atoms with van der Waals surface area (Å²) in [6, 6.07) is 4.99. The number of benzene rings is 1. The number of thiocarbonyl (C=S) groups is 1. The molecular weight excluding hydrogens is 317 g/mol. The largest absolute Gasteiger partial charge is 0.374 e. The van der Waals surface area contributed by atoms with Crippen LogP contribution in [0.2, 0.25) is 10.0 Å². The van der Waals surface area contributed by atoms with Crippen LogP contribution < -0.4 is 5.73 Å². The second kappa shape index (κ2) is 5.87. The molecule has 2 aromatic rings. The van der Waals surface area contributed by atoms with E-state index in [0.29, 0.717) is 27.1 Å². The molecule has 1 heterocycles. The van der Waals surface area contributed by atoms with Gasteiger partial charge in [-0.3, -0.25) is 0 Å². The molecule has 0 saturated heterocycles. The van der Waals surface area contributed by atoms with Crippen LogP contribution in [0, 0.1) is 13.8 Å². The minimum atomic E-state index is 0.163. The Morgan fingerprint density at radius 2 is 2.00 bits per heavy atom. The van der Waals surface area contributed by atoms with E-state index < -0.39 is 0 Å². The fraction of sp³-hybridized carbons (Fsp3) is 0.167. The number of rotatable bonds is 2. The number of hydrogen-bond donors (Lipinski definition) is 1. The first kappa shape index (κ1) is 14.9. The number of aryl methyl sites for hydroxylation is 1. The number of halogens is 2. The summed E-state index contributed by atoms with van der Waals surface area (Å²) in [6.07, 6.45) is 0. The standard InChI is InChI=1S/C12H11Cl2N5S/c1-6-11(7(2)19(18-6)12(15)20)17-16-10-4-3-8(13)5-9(10)14/h3-5H,1-2H3,(H2,15,20). The Bertz CT molecular complexity index is 708. The summed E-state index contributed by atoms with van der Waals surface area (Å²) < 4.78 is 1.45. The molecule has 2 N–H and O–H groups in total. The molecule has 8 heteroatoms. The highest BCUT2D eigenvalue weighted by atomic mass is 35.5. The SMILES string of the molecule is Cc1nn(C(N)=S)c(C)c1N=Nc1ccc(Cl)cc1Cl. The minimum absolute atomic E-state index is 0.163. The number of azo groups is 1.